The lowest BCUT2D eigenvalue weighted by molar-refractivity contribution is -0.136. The lowest BCUT2D eigenvalue weighted by Gasteiger charge is -2.35. The molecule has 7 heterocycles. The van der Waals surface area contributed by atoms with Gasteiger partial charge in [0.05, 0.1) is 47.0 Å². The Bertz CT molecular complexity index is 2650. The summed E-state index contributed by atoms with van der Waals surface area (Å²) in [4.78, 5) is 82.3. The second kappa shape index (κ2) is 19.5. The van der Waals surface area contributed by atoms with Gasteiger partial charge in [-0.2, -0.15) is 0 Å². The maximum Gasteiger partial charge on any atom is 0.410 e. The number of imide groups is 2. The fourth-order valence-electron chi connectivity index (χ4n) is 9.06. The second-order valence-corrected chi connectivity index (χ2v) is 18.5. The van der Waals surface area contributed by atoms with Gasteiger partial charge in [0.25, 0.3) is 11.8 Å². The summed E-state index contributed by atoms with van der Waals surface area (Å²) in [5.74, 6) is -0.435. The molecule has 0 bridgehead atoms. The van der Waals surface area contributed by atoms with E-state index in [1.54, 1.807) is 23.1 Å². The van der Waals surface area contributed by atoms with Crippen LogP contribution in [-0.4, -0.2) is 146 Å². The van der Waals surface area contributed by atoms with Gasteiger partial charge in [-0.25, -0.2) is 19.3 Å². The Morgan fingerprint density at radius 1 is 0.821 bits per heavy atom. The van der Waals surface area contributed by atoms with E-state index in [0.717, 1.165) is 105 Å². The highest BCUT2D eigenvalue weighted by molar-refractivity contribution is 6.24. The standard InChI is InChI=1S/C49H57N11O7/c1-49(2,3)67-48(65)58-26-22-56(23-27-58)32-33-9-7-10-34(29-33)38-15-14-36-31-51-47(54-60(36)38)52-35-13-17-41(50-30-35)57-24-20-55(21-25-57)19-5-4-6-28-66-40-12-8-11-37-43(40)46(64)59(45(37)63)39-16-18-42(61)53-44(39)62/h7-15,17,29-31,39H,4-6,16,18-28,32H2,1-3H3,(H,52,54)(H,53,61,62). The Labute approximate surface area is 389 Å². The number of piperazine rings is 2. The number of hydrogen-bond donors (Lipinski definition) is 2. The van der Waals surface area contributed by atoms with E-state index in [-0.39, 0.29) is 30.1 Å². The number of carbonyl (C=O) groups excluding carboxylic acids is 5. The van der Waals surface area contributed by atoms with E-state index in [1.165, 1.54) is 5.56 Å². The van der Waals surface area contributed by atoms with Crippen LogP contribution in [0.3, 0.4) is 0 Å². The van der Waals surface area contributed by atoms with E-state index in [4.69, 9.17) is 19.6 Å². The van der Waals surface area contributed by atoms with Crippen molar-refractivity contribution in [3.63, 3.8) is 0 Å². The highest BCUT2D eigenvalue weighted by Crippen LogP contribution is 2.34. The second-order valence-electron chi connectivity index (χ2n) is 18.5. The molecule has 18 nitrogen and oxygen atoms in total. The minimum absolute atomic E-state index is 0.0695. The third-order valence-electron chi connectivity index (χ3n) is 12.6. The molecule has 3 saturated heterocycles. The number of benzene rings is 2. The van der Waals surface area contributed by atoms with Crippen LogP contribution in [0.25, 0.3) is 16.8 Å². The van der Waals surface area contributed by atoms with Crippen molar-refractivity contribution in [2.75, 3.05) is 75.7 Å². The van der Waals surface area contributed by atoms with Gasteiger partial charge in [0.1, 0.15) is 23.2 Å². The fourth-order valence-corrected chi connectivity index (χ4v) is 9.06. The van der Waals surface area contributed by atoms with Crippen molar-refractivity contribution in [2.45, 2.75) is 71.1 Å². The molecule has 2 aromatic carbocycles. The minimum Gasteiger partial charge on any atom is -0.493 e. The maximum atomic E-state index is 13.3. The molecular weight excluding hydrogens is 855 g/mol. The zero-order chi connectivity index (χ0) is 46.7. The number of piperidine rings is 1. The van der Waals surface area contributed by atoms with Gasteiger partial charge in [0, 0.05) is 70.9 Å². The first kappa shape index (κ1) is 45.2. The van der Waals surface area contributed by atoms with Gasteiger partial charge in [-0.05, 0) is 101 Å². The van der Waals surface area contributed by atoms with Crippen molar-refractivity contribution >= 4 is 52.7 Å². The van der Waals surface area contributed by atoms with Gasteiger partial charge < -0.3 is 24.6 Å². The summed E-state index contributed by atoms with van der Waals surface area (Å²) < 4.78 is 13.5. The number of nitrogens with one attached hydrogen (secondary N) is 2. The summed E-state index contributed by atoms with van der Waals surface area (Å²) in [5.41, 5.74) is 4.77. The van der Waals surface area contributed by atoms with E-state index in [0.29, 0.717) is 31.4 Å². The number of rotatable bonds is 14. The summed E-state index contributed by atoms with van der Waals surface area (Å²) in [5, 5.41) is 10.4. The Balaban J connectivity index is 0.707. The number of unbranched alkanes of at least 4 members (excludes halogenated alkanes) is 2. The van der Waals surface area contributed by atoms with Gasteiger partial charge in [-0.15, -0.1) is 5.10 Å². The molecule has 3 fully saturated rings. The Morgan fingerprint density at radius 3 is 2.37 bits per heavy atom. The topological polar surface area (TPSA) is 187 Å². The summed E-state index contributed by atoms with van der Waals surface area (Å²) in [7, 11) is 0. The minimum atomic E-state index is -1.01. The molecule has 350 valence electrons. The average molecular weight is 912 g/mol. The summed E-state index contributed by atoms with van der Waals surface area (Å²) in [6.07, 6.45) is 6.27. The number of ether oxygens (including phenoxy) is 2. The monoisotopic (exact) mass is 911 g/mol. The molecule has 1 unspecified atom stereocenters. The zero-order valence-corrected chi connectivity index (χ0v) is 38.3. The number of carbonyl (C=O) groups is 5. The van der Waals surface area contributed by atoms with E-state index in [1.807, 2.05) is 55.9 Å². The van der Waals surface area contributed by atoms with Crippen LogP contribution in [0, 0.1) is 0 Å². The predicted octanol–water partition coefficient (Wildman–Crippen LogP) is 5.36. The number of pyridine rings is 1. The summed E-state index contributed by atoms with van der Waals surface area (Å²) in [6.45, 7) is 14.2. The molecule has 5 amide bonds. The maximum absolute atomic E-state index is 13.3. The largest absolute Gasteiger partial charge is 0.493 e. The van der Waals surface area contributed by atoms with Gasteiger partial charge in [-0.1, -0.05) is 24.3 Å². The Hall–Kier alpha value is -6.92. The number of fused-ring (bicyclic) bond motifs is 2. The van der Waals surface area contributed by atoms with E-state index in [2.05, 4.69) is 60.6 Å². The lowest BCUT2D eigenvalue weighted by Crippen LogP contribution is -2.54. The smallest absolute Gasteiger partial charge is 0.410 e. The molecule has 18 heteroatoms. The SMILES string of the molecule is CC(C)(C)OC(=O)N1CCN(Cc2cccc(-c3ccc4cnc(Nc5ccc(N6CCN(CCCCCOc7cccc8c7C(=O)N(C7CCC(=O)NC7=O)C8=O)CC6)nc5)nn34)c2)CC1. The van der Waals surface area contributed by atoms with Gasteiger partial charge >= 0.3 is 6.09 Å². The summed E-state index contributed by atoms with van der Waals surface area (Å²) in [6, 6.07) is 20.5. The number of amides is 5. The molecular formula is C49H57N11O7. The van der Waals surface area contributed by atoms with E-state index in [9.17, 15) is 24.0 Å². The van der Waals surface area contributed by atoms with Crippen LogP contribution in [0.15, 0.2) is 79.1 Å². The number of aromatic nitrogens is 4. The third-order valence-corrected chi connectivity index (χ3v) is 12.6. The first-order valence-corrected chi connectivity index (χ1v) is 23.2. The number of anilines is 3. The van der Waals surface area contributed by atoms with Crippen molar-refractivity contribution in [2.24, 2.45) is 0 Å². The predicted molar refractivity (Wildman–Crippen MR) is 250 cm³/mol. The number of nitrogens with zero attached hydrogens (tertiary/aromatic N) is 9. The molecule has 4 aliphatic rings. The third kappa shape index (κ3) is 10.4. The number of hydrogen-bond acceptors (Lipinski definition) is 14. The van der Waals surface area contributed by atoms with E-state index < -0.39 is 35.3 Å². The first-order chi connectivity index (χ1) is 32.4. The molecule has 2 N–H and O–H groups in total. The molecule has 4 aliphatic heterocycles. The Morgan fingerprint density at radius 2 is 1.61 bits per heavy atom. The molecule has 0 radical (unpaired) electrons. The van der Waals surface area contributed by atoms with Crippen LogP contribution in [0.1, 0.15) is 79.2 Å². The highest BCUT2D eigenvalue weighted by Gasteiger charge is 2.46. The lowest BCUT2D eigenvalue weighted by atomic mass is 10.0. The van der Waals surface area contributed by atoms with Crippen molar-refractivity contribution in [3.05, 3.63) is 95.8 Å². The van der Waals surface area contributed by atoms with Crippen LogP contribution in [0.5, 0.6) is 5.75 Å². The molecule has 67 heavy (non-hydrogen) atoms. The Kier molecular flexibility index (Phi) is 13.2. The van der Waals surface area contributed by atoms with Crippen molar-refractivity contribution in [1.82, 2.24) is 44.5 Å². The van der Waals surface area contributed by atoms with Crippen molar-refractivity contribution in [1.29, 1.82) is 0 Å². The molecule has 9 rings (SSSR count). The van der Waals surface area contributed by atoms with Crippen molar-refractivity contribution in [3.8, 4) is 17.0 Å². The first-order valence-electron chi connectivity index (χ1n) is 23.2. The molecule has 0 aliphatic carbocycles. The van der Waals surface area contributed by atoms with E-state index >= 15 is 0 Å². The van der Waals surface area contributed by atoms with Gasteiger partial charge in [0.15, 0.2) is 0 Å². The normalized spacial score (nSPS) is 18.4. The van der Waals surface area contributed by atoms with Crippen LogP contribution in [0.4, 0.5) is 22.2 Å². The van der Waals surface area contributed by atoms with Gasteiger partial charge in [0.2, 0.25) is 17.8 Å². The zero-order valence-electron chi connectivity index (χ0n) is 38.3. The molecule has 0 spiro atoms. The van der Waals surface area contributed by atoms with Crippen LogP contribution < -0.4 is 20.3 Å². The van der Waals surface area contributed by atoms with Crippen LogP contribution >= 0.6 is 0 Å². The fraction of sp³-hybridized carbons (Fsp3) is 0.429. The molecule has 3 aromatic heterocycles. The average Bonchev–Trinajstić information content (AvgIpc) is 3.85. The molecule has 1 atom stereocenters. The molecule has 0 saturated carbocycles. The van der Waals surface area contributed by atoms with Crippen LogP contribution in [-0.2, 0) is 20.9 Å². The quantitative estimate of drug-likeness (QED) is 0.107. The highest BCUT2D eigenvalue weighted by atomic mass is 16.6. The van der Waals surface area contributed by atoms with Crippen LogP contribution in [0.2, 0.25) is 0 Å². The van der Waals surface area contributed by atoms with Crippen molar-refractivity contribution < 1.29 is 33.4 Å². The summed E-state index contributed by atoms with van der Waals surface area (Å²) >= 11 is 0. The van der Waals surface area contributed by atoms with Gasteiger partial charge in [-0.3, -0.25) is 39.2 Å². The molecule has 5 aromatic rings.